The minimum absolute atomic E-state index is 0.195. The lowest BCUT2D eigenvalue weighted by Gasteiger charge is -2.25. The topological polar surface area (TPSA) is 55.4 Å². The molecule has 0 bridgehead atoms. The molecule has 0 saturated carbocycles. The fraction of sp³-hybridized carbons (Fsp3) is 0.455. The largest absolute Gasteiger partial charge is 0.383 e. The summed E-state index contributed by atoms with van der Waals surface area (Å²) in [5.41, 5.74) is -0.671. The van der Waals surface area contributed by atoms with Gasteiger partial charge in [0, 0.05) is 16.1 Å². The van der Waals surface area contributed by atoms with E-state index in [1.807, 2.05) is 0 Å². The van der Waals surface area contributed by atoms with Gasteiger partial charge in [0.15, 0.2) is 0 Å². The van der Waals surface area contributed by atoms with Crippen LogP contribution in [0.2, 0.25) is 0 Å². The Hall–Kier alpha value is 0.0500. The molecule has 1 rings (SSSR count). The van der Waals surface area contributed by atoms with Crippen molar-refractivity contribution in [1.82, 2.24) is 4.72 Å². The average Bonchev–Trinajstić information content (AvgIpc) is 2.19. The van der Waals surface area contributed by atoms with E-state index in [0.29, 0.717) is 8.95 Å². The van der Waals surface area contributed by atoms with Gasteiger partial charge in [-0.15, -0.1) is 0 Å². The number of methoxy groups -OCH3 is 1. The lowest BCUT2D eigenvalue weighted by Crippen LogP contribution is -2.46. The van der Waals surface area contributed by atoms with Crippen LogP contribution in [0.4, 0.5) is 0 Å². The molecule has 4 nitrogen and oxygen atoms in total. The first-order chi connectivity index (χ1) is 8.18. The van der Waals surface area contributed by atoms with Crippen molar-refractivity contribution in [3.63, 3.8) is 0 Å². The van der Waals surface area contributed by atoms with Crippen LogP contribution in [-0.2, 0) is 14.8 Å². The van der Waals surface area contributed by atoms with E-state index in [2.05, 4.69) is 36.6 Å². The van der Waals surface area contributed by atoms with Crippen molar-refractivity contribution in [2.45, 2.75) is 24.3 Å². The van der Waals surface area contributed by atoms with Crippen molar-refractivity contribution in [3.05, 3.63) is 27.1 Å². The van der Waals surface area contributed by atoms with Crippen molar-refractivity contribution in [2.24, 2.45) is 0 Å². The van der Waals surface area contributed by atoms with Crippen molar-refractivity contribution in [1.29, 1.82) is 0 Å². The van der Waals surface area contributed by atoms with Crippen LogP contribution < -0.4 is 4.72 Å². The normalized spacial score (nSPS) is 12.7. The number of hydrogen-bond acceptors (Lipinski definition) is 3. The summed E-state index contributed by atoms with van der Waals surface area (Å²) < 4.78 is 33.4. The maximum absolute atomic E-state index is 12.3. The molecular formula is C11H15Br2NO3S. The molecule has 0 fully saturated rings. The maximum atomic E-state index is 12.3. The molecule has 0 atom stereocenters. The summed E-state index contributed by atoms with van der Waals surface area (Å²) in [4.78, 5) is 0.195. The Kier molecular flexibility index (Phi) is 5.37. The van der Waals surface area contributed by atoms with Crippen LogP contribution >= 0.6 is 31.9 Å². The summed E-state index contributed by atoms with van der Waals surface area (Å²) in [6.07, 6.45) is 0. The van der Waals surface area contributed by atoms with Gasteiger partial charge in [0.25, 0.3) is 0 Å². The Morgan fingerprint density at radius 1 is 1.33 bits per heavy atom. The van der Waals surface area contributed by atoms with Crippen LogP contribution in [0, 0.1) is 0 Å². The first kappa shape index (κ1) is 16.1. The molecule has 0 aliphatic heterocycles. The highest BCUT2D eigenvalue weighted by atomic mass is 79.9. The fourth-order valence-corrected chi connectivity index (χ4v) is 4.39. The van der Waals surface area contributed by atoms with Gasteiger partial charge in [-0.05, 0) is 48.0 Å². The minimum atomic E-state index is -3.60. The summed E-state index contributed by atoms with van der Waals surface area (Å²) in [6.45, 7) is 3.82. The summed E-state index contributed by atoms with van der Waals surface area (Å²) in [5.74, 6) is 0. The summed E-state index contributed by atoms with van der Waals surface area (Å²) in [7, 11) is -2.07. The van der Waals surface area contributed by atoms with Gasteiger partial charge < -0.3 is 4.74 Å². The van der Waals surface area contributed by atoms with E-state index in [1.165, 1.54) is 7.11 Å². The number of hydrogen-bond donors (Lipinski definition) is 1. The molecule has 0 aliphatic carbocycles. The molecule has 18 heavy (non-hydrogen) atoms. The van der Waals surface area contributed by atoms with Crippen LogP contribution in [0.1, 0.15) is 13.8 Å². The van der Waals surface area contributed by atoms with Crippen LogP contribution in [0.3, 0.4) is 0 Å². The number of rotatable bonds is 5. The zero-order valence-corrected chi connectivity index (χ0v) is 14.3. The predicted molar refractivity (Wildman–Crippen MR) is 78.1 cm³/mol. The van der Waals surface area contributed by atoms with E-state index >= 15 is 0 Å². The van der Waals surface area contributed by atoms with Crippen molar-refractivity contribution >= 4 is 41.9 Å². The van der Waals surface area contributed by atoms with Gasteiger partial charge in [-0.1, -0.05) is 15.9 Å². The van der Waals surface area contributed by atoms with Gasteiger partial charge >= 0.3 is 0 Å². The molecule has 0 aromatic heterocycles. The van der Waals surface area contributed by atoms with Crippen LogP contribution in [-0.4, -0.2) is 27.7 Å². The SMILES string of the molecule is COCC(C)(C)NS(=O)(=O)c1cc(Br)ccc1Br. The van der Waals surface area contributed by atoms with E-state index in [-0.39, 0.29) is 11.5 Å². The molecule has 0 spiro atoms. The summed E-state index contributed by atoms with van der Waals surface area (Å²) in [5, 5.41) is 0. The highest BCUT2D eigenvalue weighted by Crippen LogP contribution is 2.26. The molecule has 7 heteroatoms. The van der Waals surface area contributed by atoms with E-state index in [0.717, 1.165) is 0 Å². The van der Waals surface area contributed by atoms with Crippen LogP contribution in [0.5, 0.6) is 0 Å². The lowest BCUT2D eigenvalue weighted by atomic mass is 10.1. The molecule has 1 aromatic carbocycles. The monoisotopic (exact) mass is 399 g/mol. The first-order valence-corrected chi connectivity index (χ1v) is 8.23. The molecular weight excluding hydrogens is 386 g/mol. The second-order valence-corrected chi connectivity index (χ2v) is 7.92. The molecule has 0 unspecified atom stereocenters. The third kappa shape index (κ3) is 4.31. The number of nitrogens with one attached hydrogen (secondary N) is 1. The maximum Gasteiger partial charge on any atom is 0.242 e. The second-order valence-electron chi connectivity index (χ2n) is 4.50. The molecule has 0 saturated heterocycles. The standard InChI is InChI=1S/C11H15Br2NO3S/c1-11(2,7-17-3)14-18(15,16)10-6-8(12)4-5-9(10)13/h4-6,14H,7H2,1-3H3. The molecule has 0 aliphatic rings. The summed E-state index contributed by atoms with van der Waals surface area (Å²) >= 11 is 6.50. The molecule has 102 valence electrons. The summed E-state index contributed by atoms with van der Waals surface area (Å²) in [6, 6.07) is 5.00. The van der Waals surface area contributed by atoms with E-state index in [4.69, 9.17) is 4.74 Å². The third-order valence-corrected chi connectivity index (χ3v) is 5.28. The Labute approximate surface area is 124 Å². The Bertz CT molecular complexity index is 529. The van der Waals surface area contributed by atoms with Gasteiger partial charge in [0.2, 0.25) is 10.0 Å². The Balaban J connectivity index is 3.11. The van der Waals surface area contributed by atoms with Crippen molar-refractivity contribution < 1.29 is 13.2 Å². The zero-order chi connectivity index (χ0) is 14.0. The van der Waals surface area contributed by atoms with Gasteiger partial charge in [0.1, 0.15) is 0 Å². The molecule has 0 radical (unpaired) electrons. The predicted octanol–water partition coefficient (Wildman–Crippen LogP) is 2.91. The van der Waals surface area contributed by atoms with Crippen molar-refractivity contribution in [2.75, 3.05) is 13.7 Å². The van der Waals surface area contributed by atoms with Gasteiger partial charge in [-0.25, -0.2) is 13.1 Å². The quantitative estimate of drug-likeness (QED) is 0.826. The fourth-order valence-electron chi connectivity index (χ4n) is 1.49. The third-order valence-electron chi connectivity index (χ3n) is 2.10. The smallest absolute Gasteiger partial charge is 0.242 e. The highest BCUT2D eigenvalue weighted by Gasteiger charge is 2.27. The minimum Gasteiger partial charge on any atom is -0.383 e. The number of benzene rings is 1. The number of halogens is 2. The van der Waals surface area contributed by atoms with E-state index in [1.54, 1.807) is 32.0 Å². The van der Waals surface area contributed by atoms with Crippen LogP contribution in [0.25, 0.3) is 0 Å². The van der Waals surface area contributed by atoms with Gasteiger partial charge in [-0.2, -0.15) is 0 Å². The zero-order valence-electron chi connectivity index (χ0n) is 10.3. The average molecular weight is 401 g/mol. The Morgan fingerprint density at radius 2 is 1.94 bits per heavy atom. The van der Waals surface area contributed by atoms with E-state index in [9.17, 15) is 8.42 Å². The highest BCUT2D eigenvalue weighted by molar-refractivity contribution is 9.11. The van der Waals surface area contributed by atoms with E-state index < -0.39 is 15.6 Å². The molecule has 0 heterocycles. The lowest BCUT2D eigenvalue weighted by molar-refractivity contribution is 0.141. The number of ether oxygens (including phenoxy) is 1. The second kappa shape index (κ2) is 6.00. The first-order valence-electron chi connectivity index (χ1n) is 5.16. The Morgan fingerprint density at radius 3 is 2.50 bits per heavy atom. The number of sulfonamides is 1. The molecule has 0 amide bonds. The van der Waals surface area contributed by atoms with Crippen molar-refractivity contribution in [3.8, 4) is 0 Å². The molecule has 1 N–H and O–H groups in total. The van der Waals surface area contributed by atoms with Gasteiger partial charge in [-0.3, -0.25) is 0 Å². The van der Waals surface area contributed by atoms with Crippen LogP contribution in [0.15, 0.2) is 32.0 Å². The van der Waals surface area contributed by atoms with Gasteiger partial charge in [0.05, 0.1) is 17.0 Å². The molecule has 1 aromatic rings.